The first kappa shape index (κ1) is 25.9. The molecule has 0 bridgehead atoms. The predicted octanol–water partition coefficient (Wildman–Crippen LogP) is 3.04. The fraction of sp³-hybridized carbons (Fsp3) is 0.280. The maximum absolute atomic E-state index is 14.1. The van der Waals surface area contributed by atoms with Crippen molar-refractivity contribution in [1.82, 2.24) is 9.69 Å². The highest BCUT2D eigenvalue weighted by molar-refractivity contribution is 7.09. The minimum atomic E-state index is -1.26. The van der Waals surface area contributed by atoms with Crippen molar-refractivity contribution in [3.05, 3.63) is 64.4 Å². The number of halogens is 1. The lowest BCUT2D eigenvalue weighted by Crippen LogP contribution is -2.49. The first-order chi connectivity index (χ1) is 17.5. The molecular formula is C25H26FN5O5S. The van der Waals surface area contributed by atoms with E-state index in [1.54, 1.807) is 39.0 Å². The third-order valence-corrected chi connectivity index (χ3v) is 6.22. The maximum atomic E-state index is 14.1. The number of aromatic nitrogens is 1. The van der Waals surface area contributed by atoms with Gasteiger partial charge in [0.2, 0.25) is 5.91 Å². The smallest absolute Gasteiger partial charge is 0.273 e. The second-order valence-corrected chi connectivity index (χ2v) is 10.1. The SMILES string of the molecule is CC(C)(C)NC(=O)[C@H](c1ccc(F)cc1)N(C(=O)c1snc(C(N)=O)c1N)c1ccc2c(c1)OCCO2. The van der Waals surface area contributed by atoms with Crippen molar-refractivity contribution >= 4 is 40.6 Å². The third-order valence-electron chi connectivity index (χ3n) is 5.37. The van der Waals surface area contributed by atoms with Crippen LogP contribution in [0.4, 0.5) is 15.8 Å². The van der Waals surface area contributed by atoms with Crippen molar-refractivity contribution in [3.63, 3.8) is 0 Å². The van der Waals surface area contributed by atoms with Crippen LogP contribution in [0.1, 0.15) is 52.5 Å². The van der Waals surface area contributed by atoms with E-state index in [2.05, 4.69) is 9.69 Å². The summed E-state index contributed by atoms with van der Waals surface area (Å²) < 4.78 is 29.0. The summed E-state index contributed by atoms with van der Waals surface area (Å²) in [4.78, 5) is 40.6. The van der Waals surface area contributed by atoms with Gasteiger partial charge in [-0.2, -0.15) is 4.37 Å². The zero-order valence-electron chi connectivity index (χ0n) is 20.4. The first-order valence-corrected chi connectivity index (χ1v) is 12.1. The summed E-state index contributed by atoms with van der Waals surface area (Å²) in [5.41, 5.74) is 10.9. The number of hydrogen-bond donors (Lipinski definition) is 3. The van der Waals surface area contributed by atoms with Crippen molar-refractivity contribution in [2.24, 2.45) is 5.73 Å². The zero-order valence-corrected chi connectivity index (χ0v) is 21.2. The summed E-state index contributed by atoms with van der Waals surface area (Å²) >= 11 is 0.690. The van der Waals surface area contributed by atoms with Gasteiger partial charge in [0, 0.05) is 17.3 Å². The van der Waals surface area contributed by atoms with E-state index in [-0.39, 0.29) is 21.9 Å². The van der Waals surface area contributed by atoms with Gasteiger partial charge in [-0.15, -0.1) is 0 Å². The minimum absolute atomic E-state index is 0.0839. The topological polar surface area (TPSA) is 150 Å². The van der Waals surface area contributed by atoms with Crippen molar-refractivity contribution < 1.29 is 28.2 Å². The van der Waals surface area contributed by atoms with Crippen LogP contribution in [-0.4, -0.2) is 40.8 Å². The number of carbonyl (C=O) groups is 3. The number of nitrogens with two attached hydrogens (primary N) is 2. The number of hydrogen-bond acceptors (Lipinski definition) is 8. The van der Waals surface area contributed by atoms with Crippen LogP contribution in [0, 0.1) is 5.82 Å². The molecule has 0 spiro atoms. The number of nitrogen functional groups attached to an aromatic ring is 1. The van der Waals surface area contributed by atoms with E-state index in [0.29, 0.717) is 41.8 Å². The molecule has 0 saturated carbocycles. The van der Waals surface area contributed by atoms with Gasteiger partial charge >= 0.3 is 0 Å². The van der Waals surface area contributed by atoms with Crippen LogP contribution in [0.25, 0.3) is 0 Å². The molecule has 0 radical (unpaired) electrons. The number of nitrogens with one attached hydrogen (secondary N) is 1. The van der Waals surface area contributed by atoms with Gasteiger partial charge in [0.1, 0.15) is 29.9 Å². The summed E-state index contributed by atoms with van der Waals surface area (Å²) in [6.07, 6.45) is 0. The Balaban J connectivity index is 1.91. The number of amides is 3. The van der Waals surface area contributed by atoms with Gasteiger partial charge in [0.05, 0.1) is 5.69 Å². The lowest BCUT2D eigenvalue weighted by Gasteiger charge is -2.34. The summed E-state index contributed by atoms with van der Waals surface area (Å²) in [5, 5.41) is 2.89. The normalized spacial score (nSPS) is 13.5. The fourth-order valence-corrected chi connectivity index (χ4v) is 4.55. The van der Waals surface area contributed by atoms with Crippen LogP contribution in [0.2, 0.25) is 0 Å². The number of ether oxygens (including phenoxy) is 2. The van der Waals surface area contributed by atoms with Crippen LogP contribution in [0.15, 0.2) is 42.5 Å². The van der Waals surface area contributed by atoms with Crippen LogP contribution in [0.5, 0.6) is 11.5 Å². The van der Waals surface area contributed by atoms with Crippen LogP contribution >= 0.6 is 11.5 Å². The lowest BCUT2D eigenvalue weighted by molar-refractivity contribution is -0.123. The van der Waals surface area contributed by atoms with E-state index < -0.39 is 35.1 Å². The number of benzene rings is 2. The van der Waals surface area contributed by atoms with Crippen LogP contribution < -0.4 is 31.2 Å². The Kier molecular flexibility index (Phi) is 7.03. The second kappa shape index (κ2) is 10.1. The Hall–Kier alpha value is -4.19. The number of carbonyl (C=O) groups excluding carboxylic acids is 3. The van der Waals surface area contributed by atoms with Crippen molar-refractivity contribution in [2.45, 2.75) is 32.4 Å². The number of primary amides is 1. The molecule has 0 aliphatic carbocycles. The molecule has 2 heterocycles. The largest absolute Gasteiger partial charge is 0.486 e. The second-order valence-electron chi connectivity index (χ2n) is 9.33. The van der Waals surface area contributed by atoms with Crippen molar-refractivity contribution in [2.75, 3.05) is 23.8 Å². The van der Waals surface area contributed by atoms with Crippen LogP contribution in [0.3, 0.4) is 0 Å². The third kappa shape index (κ3) is 5.48. The molecule has 1 aromatic heterocycles. The minimum Gasteiger partial charge on any atom is -0.486 e. The Labute approximate surface area is 216 Å². The van der Waals surface area contributed by atoms with Gasteiger partial charge in [-0.1, -0.05) is 12.1 Å². The van der Waals surface area contributed by atoms with Crippen molar-refractivity contribution in [3.8, 4) is 11.5 Å². The van der Waals surface area contributed by atoms with Crippen molar-refractivity contribution in [1.29, 1.82) is 0 Å². The Morgan fingerprint density at radius 3 is 2.32 bits per heavy atom. The molecule has 4 rings (SSSR count). The zero-order chi connectivity index (χ0) is 26.9. The summed E-state index contributed by atoms with van der Waals surface area (Å²) in [6.45, 7) is 6.06. The molecule has 2 aromatic carbocycles. The van der Waals surface area contributed by atoms with E-state index in [0.717, 1.165) is 0 Å². The van der Waals surface area contributed by atoms with Gasteiger partial charge in [-0.25, -0.2) is 4.39 Å². The Morgan fingerprint density at radius 2 is 1.73 bits per heavy atom. The molecule has 10 nitrogen and oxygen atoms in total. The van der Waals surface area contributed by atoms with E-state index >= 15 is 0 Å². The predicted molar refractivity (Wildman–Crippen MR) is 136 cm³/mol. The van der Waals surface area contributed by atoms with Gasteiger partial charge in [-0.3, -0.25) is 19.3 Å². The molecule has 0 fully saturated rings. The van der Waals surface area contributed by atoms with Gasteiger partial charge < -0.3 is 26.3 Å². The average Bonchev–Trinajstić information content (AvgIpc) is 3.23. The van der Waals surface area contributed by atoms with Gasteiger partial charge in [0.15, 0.2) is 17.2 Å². The Morgan fingerprint density at radius 1 is 1.08 bits per heavy atom. The molecular weight excluding hydrogens is 501 g/mol. The summed E-state index contributed by atoms with van der Waals surface area (Å²) in [6, 6.07) is 8.78. The monoisotopic (exact) mass is 527 g/mol. The van der Waals surface area contributed by atoms with E-state index in [4.69, 9.17) is 20.9 Å². The quantitative estimate of drug-likeness (QED) is 0.446. The molecule has 37 heavy (non-hydrogen) atoms. The van der Waals surface area contributed by atoms with Gasteiger partial charge in [0.25, 0.3) is 11.8 Å². The number of fused-ring (bicyclic) bond motifs is 1. The highest BCUT2D eigenvalue weighted by atomic mass is 32.1. The number of nitrogens with zero attached hydrogens (tertiary/aromatic N) is 2. The molecule has 1 aliphatic rings. The summed E-state index contributed by atoms with van der Waals surface area (Å²) in [5.74, 6) is -1.77. The molecule has 12 heteroatoms. The van der Waals surface area contributed by atoms with Crippen LogP contribution in [-0.2, 0) is 4.79 Å². The number of rotatable bonds is 6. The summed E-state index contributed by atoms with van der Waals surface area (Å²) in [7, 11) is 0. The highest BCUT2D eigenvalue weighted by Gasteiger charge is 2.37. The van der Waals surface area contributed by atoms with E-state index in [1.807, 2.05) is 0 Å². The molecule has 5 N–H and O–H groups in total. The standard InChI is InChI=1S/C25H26FN5O5S/c1-25(2,3)29-23(33)20(13-4-6-14(26)7-5-13)31(15-8-9-16-17(12-15)36-11-10-35-16)24(34)21-18(27)19(22(28)32)30-37-21/h4-9,12,20H,10-11,27H2,1-3H3,(H2,28,32)(H,29,33)/t20-/m0/s1. The molecule has 3 aromatic rings. The highest BCUT2D eigenvalue weighted by Crippen LogP contribution is 2.39. The lowest BCUT2D eigenvalue weighted by atomic mass is 10.00. The van der Waals surface area contributed by atoms with E-state index in [1.165, 1.54) is 29.2 Å². The van der Waals surface area contributed by atoms with E-state index in [9.17, 15) is 18.8 Å². The number of anilines is 2. The maximum Gasteiger partial charge on any atom is 0.273 e. The molecule has 0 unspecified atom stereocenters. The molecule has 1 atom stereocenters. The molecule has 3 amide bonds. The fourth-order valence-electron chi connectivity index (χ4n) is 3.80. The molecule has 1 aliphatic heterocycles. The first-order valence-electron chi connectivity index (χ1n) is 11.3. The van der Waals surface area contributed by atoms with Gasteiger partial charge in [-0.05, 0) is 62.1 Å². The molecule has 0 saturated heterocycles. The average molecular weight is 528 g/mol. The Bertz CT molecular complexity index is 1350. The molecule has 194 valence electrons.